The SMILES string of the molecule is COc1ccc2c(c1)OCC(C=C1N=C(c3ccc([N+](=O)[O-])c(C)c3)OC1=O)=C2. The lowest BCUT2D eigenvalue weighted by Crippen LogP contribution is -2.08. The summed E-state index contributed by atoms with van der Waals surface area (Å²) < 4.78 is 16.2. The number of hydrogen-bond donors (Lipinski definition) is 0. The molecule has 2 aliphatic heterocycles. The molecule has 0 fully saturated rings. The molecule has 0 radical (unpaired) electrons. The van der Waals surface area contributed by atoms with Gasteiger partial charge in [-0.2, -0.15) is 0 Å². The van der Waals surface area contributed by atoms with Gasteiger partial charge in [0, 0.05) is 28.8 Å². The molecule has 2 aliphatic rings. The van der Waals surface area contributed by atoms with E-state index in [1.165, 1.54) is 12.1 Å². The van der Waals surface area contributed by atoms with Crippen LogP contribution in [0.4, 0.5) is 5.69 Å². The molecule has 0 aliphatic carbocycles. The molecule has 0 bridgehead atoms. The Labute approximate surface area is 165 Å². The van der Waals surface area contributed by atoms with Crippen LogP contribution < -0.4 is 9.47 Å². The molecule has 0 saturated carbocycles. The fourth-order valence-electron chi connectivity index (χ4n) is 3.07. The van der Waals surface area contributed by atoms with Gasteiger partial charge in [-0.05, 0) is 48.9 Å². The van der Waals surface area contributed by atoms with Gasteiger partial charge in [-0.15, -0.1) is 0 Å². The third-order valence-corrected chi connectivity index (χ3v) is 4.54. The van der Waals surface area contributed by atoms with E-state index in [4.69, 9.17) is 14.2 Å². The minimum atomic E-state index is -0.586. The topological polar surface area (TPSA) is 100 Å². The van der Waals surface area contributed by atoms with E-state index in [0.717, 1.165) is 11.1 Å². The molecule has 8 heteroatoms. The summed E-state index contributed by atoms with van der Waals surface area (Å²) in [7, 11) is 1.59. The number of ether oxygens (including phenoxy) is 3. The summed E-state index contributed by atoms with van der Waals surface area (Å²) in [6, 6.07) is 9.93. The third kappa shape index (κ3) is 3.60. The second-order valence-electron chi connectivity index (χ2n) is 6.51. The van der Waals surface area contributed by atoms with Crippen LogP contribution in [0.1, 0.15) is 16.7 Å². The Morgan fingerprint density at radius 1 is 1.24 bits per heavy atom. The Morgan fingerprint density at radius 2 is 2.07 bits per heavy atom. The quantitative estimate of drug-likeness (QED) is 0.341. The fraction of sp³-hybridized carbons (Fsp3) is 0.143. The lowest BCUT2D eigenvalue weighted by atomic mass is 10.1. The van der Waals surface area contributed by atoms with Crippen molar-refractivity contribution in [2.75, 3.05) is 13.7 Å². The molecule has 4 rings (SSSR count). The second-order valence-corrected chi connectivity index (χ2v) is 6.51. The van der Waals surface area contributed by atoms with Gasteiger partial charge in [-0.25, -0.2) is 9.79 Å². The largest absolute Gasteiger partial charge is 0.497 e. The summed E-state index contributed by atoms with van der Waals surface area (Å²) in [6.45, 7) is 1.89. The highest BCUT2D eigenvalue weighted by Crippen LogP contribution is 2.31. The van der Waals surface area contributed by atoms with Gasteiger partial charge in [-0.3, -0.25) is 10.1 Å². The number of cyclic esters (lactones) is 1. The van der Waals surface area contributed by atoms with Crippen molar-refractivity contribution in [1.82, 2.24) is 0 Å². The molecule has 0 spiro atoms. The number of aryl methyl sites for hydroxylation is 1. The van der Waals surface area contributed by atoms with Gasteiger partial charge < -0.3 is 14.2 Å². The van der Waals surface area contributed by atoms with E-state index < -0.39 is 10.9 Å². The number of fused-ring (bicyclic) bond motifs is 1. The lowest BCUT2D eigenvalue weighted by Gasteiger charge is -2.16. The van der Waals surface area contributed by atoms with Crippen molar-refractivity contribution in [3.05, 3.63) is 80.5 Å². The number of methoxy groups -OCH3 is 1. The van der Waals surface area contributed by atoms with E-state index in [2.05, 4.69) is 4.99 Å². The van der Waals surface area contributed by atoms with E-state index in [0.29, 0.717) is 22.6 Å². The van der Waals surface area contributed by atoms with Crippen LogP contribution in [0.2, 0.25) is 0 Å². The number of carbonyl (C=O) groups excluding carboxylic acids is 1. The Balaban J connectivity index is 1.62. The Bertz CT molecular complexity index is 1130. The molecule has 8 nitrogen and oxygen atoms in total. The second kappa shape index (κ2) is 7.23. The summed E-state index contributed by atoms with van der Waals surface area (Å²) in [6.07, 6.45) is 3.52. The number of esters is 1. The molecule has 29 heavy (non-hydrogen) atoms. The number of rotatable bonds is 4. The van der Waals surface area contributed by atoms with Crippen LogP contribution in [0.3, 0.4) is 0 Å². The summed E-state index contributed by atoms with van der Waals surface area (Å²) in [5.41, 5.74) is 2.72. The minimum absolute atomic E-state index is 0.00533. The van der Waals surface area contributed by atoms with Crippen LogP contribution in [-0.2, 0) is 9.53 Å². The van der Waals surface area contributed by atoms with Crippen LogP contribution in [0, 0.1) is 17.0 Å². The molecule has 0 atom stereocenters. The van der Waals surface area contributed by atoms with E-state index in [-0.39, 0.29) is 23.9 Å². The maximum Gasteiger partial charge on any atom is 0.363 e. The third-order valence-electron chi connectivity index (χ3n) is 4.54. The van der Waals surface area contributed by atoms with Crippen molar-refractivity contribution < 1.29 is 23.9 Å². The van der Waals surface area contributed by atoms with Gasteiger partial charge in [0.1, 0.15) is 18.1 Å². The zero-order valence-corrected chi connectivity index (χ0v) is 15.7. The van der Waals surface area contributed by atoms with Crippen LogP contribution >= 0.6 is 0 Å². The number of nitrogens with zero attached hydrogens (tertiary/aromatic N) is 2. The number of aliphatic imine (C=N–C) groups is 1. The predicted octanol–water partition coefficient (Wildman–Crippen LogP) is 3.58. The van der Waals surface area contributed by atoms with E-state index in [9.17, 15) is 14.9 Å². The molecule has 0 N–H and O–H groups in total. The smallest absolute Gasteiger partial charge is 0.363 e. The number of nitro benzene ring substituents is 1. The first-order chi connectivity index (χ1) is 13.9. The first-order valence-corrected chi connectivity index (χ1v) is 8.74. The Morgan fingerprint density at radius 3 is 2.79 bits per heavy atom. The molecule has 0 saturated heterocycles. The zero-order chi connectivity index (χ0) is 20.5. The zero-order valence-electron chi connectivity index (χ0n) is 15.7. The minimum Gasteiger partial charge on any atom is -0.497 e. The molecule has 2 heterocycles. The van der Waals surface area contributed by atoms with Crippen LogP contribution in [0.5, 0.6) is 11.5 Å². The number of benzene rings is 2. The molecule has 0 aromatic heterocycles. The monoisotopic (exact) mass is 392 g/mol. The maximum absolute atomic E-state index is 12.2. The molecular weight excluding hydrogens is 376 g/mol. The van der Waals surface area contributed by atoms with Crippen LogP contribution in [0.25, 0.3) is 6.08 Å². The Kier molecular flexibility index (Phi) is 4.59. The van der Waals surface area contributed by atoms with E-state index >= 15 is 0 Å². The molecule has 0 amide bonds. The van der Waals surface area contributed by atoms with Crippen molar-refractivity contribution in [2.24, 2.45) is 4.99 Å². The van der Waals surface area contributed by atoms with Gasteiger partial charge >= 0.3 is 5.97 Å². The normalized spacial score (nSPS) is 16.5. The summed E-state index contributed by atoms with van der Waals surface area (Å²) in [4.78, 5) is 27.0. The Hall–Kier alpha value is -3.94. The van der Waals surface area contributed by atoms with Crippen molar-refractivity contribution in [3.8, 4) is 11.5 Å². The average molecular weight is 392 g/mol. The molecule has 0 unspecified atom stereocenters. The van der Waals surface area contributed by atoms with Gasteiger partial charge in [0.2, 0.25) is 5.90 Å². The van der Waals surface area contributed by atoms with Crippen LogP contribution in [0.15, 0.2) is 58.7 Å². The fourth-order valence-corrected chi connectivity index (χ4v) is 3.07. The van der Waals surface area contributed by atoms with Crippen molar-refractivity contribution in [3.63, 3.8) is 0 Å². The van der Waals surface area contributed by atoms with Gasteiger partial charge in [-0.1, -0.05) is 0 Å². The molecular formula is C21H16N2O6. The van der Waals surface area contributed by atoms with Gasteiger partial charge in [0.25, 0.3) is 5.69 Å². The summed E-state index contributed by atoms with van der Waals surface area (Å²) >= 11 is 0. The highest BCUT2D eigenvalue weighted by atomic mass is 16.6. The van der Waals surface area contributed by atoms with Crippen molar-refractivity contribution in [1.29, 1.82) is 0 Å². The van der Waals surface area contributed by atoms with Crippen molar-refractivity contribution in [2.45, 2.75) is 6.92 Å². The van der Waals surface area contributed by atoms with Crippen molar-refractivity contribution >= 4 is 23.6 Å². The highest BCUT2D eigenvalue weighted by molar-refractivity contribution is 6.11. The number of carbonyl (C=O) groups is 1. The van der Waals surface area contributed by atoms with E-state index in [1.807, 2.05) is 18.2 Å². The summed E-state index contributed by atoms with van der Waals surface area (Å²) in [5.74, 6) is 0.927. The molecule has 2 aromatic carbocycles. The highest BCUT2D eigenvalue weighted by Gasteiger charge is 2.26. The first kappa shape index (κ1) is 18.4. The number of nitro groups is 1. The predicted molar refractivity (Wildman–Crippen MR) is 105 cm³/mol. The van der Waals surface area contributed by atoms with Gasteiger partial charge in [0.05, 0.1) is 12.0 Å². The van der Waals surface area contributed by atoms with Gasteiger partial charge in [0.15, 0.2) is 5.70 Å². The number of hydrogen-bond acceptors (Lipinski definition) is 7. The average Bonchev–Trinajstić information content (AvgIpc) is 3.07. The maximum atomic E-state index is 12.2. The standard InChI is InChI=1S/C21H16N2O6/c1-12-7-15(4-6-18(12)23(25)26)20-22-17(21(24)29-20)9-13-8-14-3-5-16(27-2)10-19(14)28-11-13/h3-10H,11H2,1-2H3. The molecule has 146 valence electrons. The van der Waals surface area contributed by atoms with Crippen LogP contribution in [-0.4, -0.2) is 30.5 Å². The summed E-state index contributed by atoms with van der Waals surface area (Å²) in [5, 5.41) is 11.0. The first-order valence-electron chi connectivity index (χ1n) is 8.74. The molecule has 2 aromatic rings. The lowest BCUT2D eigenvalue weighted by molar-refractivity contribution is -0.385. The van der Waals surface area contributed by atoms with E-state index in [1.54, 1.807) is 32.2 Å².